The SMILES string of the molecule is CN1CCN(C(=O)N[C@H]2CC(=O)N(c3ccc(F)cc3)C2)CC1. The molecule has 23 heavy (non-hydrogen) atoms. The minimum absolute atomic E-state index is 0.0553. The topological polar surface area (TPSA) is 55.9 Å². The summed E-state index contributed by atoms with van der Waals surface area (Å²) in [6.07, 6.45) is 0.275. The van der Waals surface area contributed by atoms with Gasteiger partial charge >= 0.3 is 6.03 Å². The minimum Gasteiger partial charge on any atom is -0.333 e. The molecule has 2 saturated heterocycles. The first-order chi connectivity index (χ1) is 11.0. The van der Waals surface area contributed by atoms with Gasteiger partial charge in [-0.2, -0.15) is 0 Å². The van der Waals surface area contributed by atoms with Crippen LogP contribution in [0.1, 0.15) is 6.42 Å². The van der Waals surface area contributed by atoms with Gasteiger partial charge in [0.2, 0.25) is 5.91 Å². The van der Waals surface area contributed by atoms with Crippen LogP contribution in [0, 0.1) is 5.82 Å². The van der Waals surface area contributed by atoms with Crippen molar-refractivity contribution in [3.8, 4) is 0 Å². The molecule has 3 amide bonds. The van der Waals surface area contributed by atoms with Gasteiger partial charge in [-0.05, 0) is 31.3 Å². The molecule has 0 aromatic heterocycles. The number of carbonyl (C=O) groups is 2. The van der Waals surface area contributed by atoms with Gasteiger partial charge in [0.1, 0.15) is 5.82 Å². The lowest BCUT2D eigenvalue weighted by molar-refractivity contribution is -0.117. The molecule has 124 valence electrons. The smallest absolute Gasteiger partial charge is 0.317 e. The average molecular weight is 320 g/mol. The highest BCUT2D eigenvalue weighted by molar-refractivity contribution is 5.96. The number of anilines is 1. The lowest BCUT2D eigenvalue weighted by atomic mass is 10.2. The van der Waals surface area contributed by atoms with Crippen molar-refractivity contribution < 1.29 is 14.0 Å². The van der Waals surface area contributed by atoms with Gasteiger partial charge in [0, 0.05) is 44.8 Å². The Balaban J connectivity index is 1.57. The predicted octanol–water partition coefficient (Wildman–Crippen LogP) is 0.888. The zero-order valence-corrected chi connectivity index (χ0v) is 13.2. The first-order valence-electron chi connectivity index (χ1n) is 7.83. The van der Waals surface area contributed by atoms with E-state index >= 15 is 0 Å². The zero-order valence-electron chi connectivity index (χ0n) is 13.2. The maximum atomic E-state index is 13.0. The third-order valence-corrected chi connectivity index (χ3v) is 4.38. The Morgan fingerprint density at radius 3 is 2.48 bits per heavy atom. The standard InChI is InChI=1S/C16H21FN4O2/c1-19-6-8-20(9-7-19)16(23)18-13-10-15(22)21(11-13)14-4-2-12(17)3-5-14/h2-5,13H,6-11H2,1H3,(H,18,23)/t13-/m0/s1. The monoisotopic (exact) mass is 320 g/mol. The molecular formula is C16H21FN4O2. The number of amides is 3. The molecule has 1 aromatic rings. The second-order valence-corrected chi connectivity index (χ2v) is 6.12. The zero-order chi connectivity index (χ0) is 16.4. The molecule has 3 rings (SSSR count). The van der Waals surface area contributed by atoms with Crippen molar-refractivity contribution in [2.75, 3.05) is 44.7 Å². The largest absolute Gasteiger partial charge is 0.333 e. The molecule has 1 atom stereocenters. The highest BCUT2D eigenvalue weighted by atomic mass is 19.1. The van der Waals surface area contributed by atoms with E-state index in [9.17, 15) is 14.0 Å². The van der Waals surface area contributed by atoms with E-state index in [4.69, 9.17) is 0 Å². The molecule has 0 saturated carbocycles. The average Bonchev–Trinajstić information content (AvgIpc) is 2.89. The number of nitrogens with zero attached hydrogens (tertiary/aromatic N) is 3. The van der Waals surface area contributed by atoms with Crippen LogP contribution in [0.15, 0.2) is 24.3 Å². The number of nitrogens with one attached hydrogen (secondary N) is 1. The van der Waals surface area contributed by atoms with Crippen LogP contribution in [-0.2, 0) is 4.79 Å². The van der Waals surface area contributed by atoms with E-state index in [1.807, 2.05) is 7.05 Å². The Hall–Kier alpha value is -2.15. The number of hydrogen-bond acceptors (Lipinski definition) is 3. The summed E-state index contributed by atoms with van der Waals surface area (Å²) in [4.78, 5) is 30.0. The van der Waals surface area contributed by atoms with E-state index in [1.165, 1.54) is 12.1 Å². The number of halogens is 1. The van der Waals surface area contributed by atoms with Crippen molar-refractivity contribution in [3.05, 3.63) is 30.1 Å². The molecule has 7 heteroatoms. The molecule has 0 spiro atoms. The van der Waals surface area contributed by atoms with Gasteiger partial charge in [-0.25, -0.2) is 9.18 Å². The van der Waals surface area contributed by atoms with Crippen LogP contribution in [0.25, 0.3) is 0 Å². The van der Waals surface area contributed by atoms with E-state index < -0.39 is 0 Å². The normalized spacial score (nSPS) is 22.5. The molecule has 2 fully saturated rings. The van der Waals surface area contributed by atoms with Gasteiger partial charge in [-0.1, -0.05) is 0 Å². The van der Waals surface area contributed by atoms with E-state index in [0.29, 0.717) is 25.3 Å². The van der Waals surface area contributed by atoms with Gasteiger partial charge in [0.25, 0.3) is 0 Å². The van der Waals surface area contributed by atoms with Crippen molar-refractivity contribution in [1.29, 1.82) is 0 Å². The Kier molecular flexibility index (Phi) is 4.47. The Bertz CT molecular complexity index is 584. The van der Waals surface area contributed by atoms with Crippen molar-refractivity contribution in [2.45, 2.75) is 12.5 Å². The van der Waals surface area contributed by atoms with Gasteiger partial charge in [-0.15, -0.1) is 0 Å². The molecule has 1 aromatic carbocycles. The number of rotatable bonds is 2. The van der Waals surface area contributed by atoms with E-state index in [0.717, 1.165) is 13.1 Å². The van der Waals surface area contributed by atoms with Gasteiger partial charge in [-0.3, -0.25) is 4.79 Å². The van der Waals surface area contributed by atoms with Gasteiger partial charge in [0.15, 0.2) is 0 Å². The summed E-state index contributed by atoms with van der Waals surface area (Å²) < 4.78 is 13.0. The highest BCUT2D eigenvalue weighted by Crippen LogP contribution is 2.22. The Morgan fingerprint density at radius 2 is 1.83 bits per heavy atom. The Labute approximate surface area is 134 Å². The molecule has 0 unspecified atom stereocenters. The molecule has 6 nitrogen and oxygen atoms in total. The number of carbonyl (C=O) groups excluding carboxylic acids is 2. The van der Waals surface area contributed by atoms with Crippen LogP contribution in [0.5, 0.6) is 0 Å². The fourth-order valence-corrected chi connectivity index (χ4v) is 2.95. The summed E-state index contributed by atoms with van der Waals surface area (Å²) in [6, 6.07) is 5.50. The summed E-state index contributed by atoms with van der Waals surface area (Å²) in [7, 11) is 2.03. The quantitative estimate of drug-likeness (QED) is 0.880. The third-order valence-electron chi connectivity index (χ3n) is 4.38. The summed E-state index contributed by atoms with van der Waals surface area (Å²) in [5, 5.41) is 2.94. The van der Waals surface area contributed by atoms with Crippen LogP contribution >= 0.6 is 0 Å². The maximum Gasteiger partial charge on any atom is 0.317 e. The van der Waals surface area contributed by atoms with Crippen LogP contribution in [-0.4, -0.2) is 67.6 Å². The highest BCUT2D eigenvalue weighted by Gasteiger charge is 2.32. The van der Waals surface area contributed by atoms with Crippen molar-refractivity contribution >= 4 is 17.6 Å². The molecule has 1 N–H and O–H groups in total. The summed E-state index contributed by atoms with van der Waals surface area (Å²) in [5.74, 6) is -0.388. The van der Waals surface area contributed by atoms with E-state index in [1.54, 1.807) is 21.9 Å². The van der Waals surface area contributed by atoms with Gasteiger partial charge < -0.3 is 20.0 Å². The molecule has 0 bridgehead atoms. The van der Waals surface area contributed by atoms with Crippen LogP contribution in [0.3, 0.4) is 0 Å². The number of benzene rings is 1. The molecule has 2 aliphatic heterocycles. The van der Waals surface area contributed by atoms with Gasteiger partial charge in [0.05, 0.1) is 6.04 Å². The predicted molar refractivity (Wildman–Crippen MR) is 84.8 cm³/mol. The summed E-state index contributed by atoms with van der Waals surface area (Å²) in [6.45, 7) is 3.54. The number of urea groups is 1. The minimum atomic E-state index is -0.333. The van der Waals surface area contributed by atoms with Crippen molar-refractivity contribution in [3.63, 3.8) is 0 Å². The fraction of sp³-hybridized carbons (Fsp3) is 0.500. The maximum absolute atomic E-state index is 13.0. The van der Waals surface area contributed by atoms with Crippen molar-refractivity contribution in [1.82, 2.24) is 15.1 Å². The van der Waals surface area contributed by atoms with Crippen molar-refractivity contribution in [2.24, 2.45) is 0 Å². The first-order valence-corrected chi connectivity index (χ1v) is 7.83. The molecule has 0 aliphatic carbocycles. The molecule has 2 aliphatic rings. The Morgan fingerprint density at radius 1 is 1.17 bits per heavy atom. The van der Waals surface area contributed by atoms with E-state index in [-0.39, 0.29) is 30.2 Å². The molecule has 0 radical (unpaired) electrons. The fourth-order valence-electron chi connectivity index (χ4n) is 2.95. The third kappa shape index (κ3) is 3.61. The molecular weight excluding hydrogens is 299 g/mol. The summed E-state index contributed by atoms with van der Waals surface area (Å²) in [5.41, 5.74) is 0.660. The van der Waals surface area contributed by atoms with Crippen LogP contribution in [0.4, 0.5) is 14.9 Å². The lowest BCUT2D eigenvalue weighted by Gasteiger charge is -2.33. The number of piperazine rings is 1. The number of hydrogen-bond donors (Lipinski definition) is 1. The number of likely N-dealkylation sites (N-methyl/N-ethyl adjacent to an activating group) is 1. The summed E-state index contributed by atoms with van der Waals surface area (Å²) >= 11 is 0. The van der Waals surface area contributed by atoms with Crippen LogP contribution in [0.2, 0.25) is 0 Å². The second-order valence-electron chi connectivity index (χ2n) is 6.12. The van der Waals surface area contributed by atoms with Crippen LogP contribution < -0.4 is 10.2 Å². The second kappa shape index (κ2) is 6.54. The van der Waals surface area contributed by atoms with E-state index in [2.05, 4.69) is 10.2 Å². The molecule has 2 heterocycles. The lowest BCUT2D eigenvalue weighted by Crippen LogP contribution is -2.52. The first kappa shape index (κ1) is 15.7.